The molecule has 0 aliphatic carbocycles. The van der Waals surface area contributed by atoms with E-state index >= 15 is 0 Å². The second-order valence-corrected chi connectivity index (χ2v) is 4.16. The summed E-state index contributed by atoms with van der Waals surface area (Å²) in [7, 11) is 0. The Morgan fingerprint density at radius 3 is 2.71 bits per heavy atom. The Balaban J connectivity index is 2.66. The zero-order valence-electron chi connectivity index (χ0n) is 9.07. The molecule has 0 spiro atoms. The zero-order chi connectivity index (χ0) is 10.6. The second-order valence-electron chi connectivity index (χ2n) is 3.85. The topological polar surface area (TPSA) is 30.7 Å². The number of nitrogens with zero attached hydrogens (tertiary/aromatic N) is 3. The molecule has 0 saturated heterocycles. The van der Waals surface area contributed by atoms with Crippen LogP contribution in [0.2, 0.25) is 0 Å². The minimum atomic E-state index is 0.492. The lowest BCUT2D eigenvalue weighted by Gasteiger charge is -2.17. The summed E-state index contributed by atoms with van der Waals surface area (Å²) < 4.78 is 1.93. The number of alkyl halides is 1. The Morgan fingerprint density at radius 2 is 2.21 bits per heavy atom. The lowest BCUT2D eigenvalue weighted by atomic mass is 9.94. The van der Waals surface area contributed by atoms with Crippen molar-refractivity contribution in [3.05, 3.63) is 12.2 Å². The molecule has 1 unspecified atom stereocenters. The largest absolute Gasteiger partial charge is 0.250 e. The van der Waals surface area contributed by atoms with E-state index < -0.39 is 0 Å². The van der Waals surface area contributed by atoms with Crippen molar-refractivity contribution in [2.45, 2.75) is 33.7 Å². The van der Waals surface area contributed by atoms with Crippen LogP contribution < -0.4 is 0 Å². The summed E-state index contributed by atoms with van der Waals surface area (Å²) in [4.78, 5) is 4.25. The maximum Gasteiger partial charge on any atom is 0.138 e. The first-order valence-electron chi connectivity index (χ1n) is 5.11. The maximum absolute atomic E-state index is 5.92. The van der Waals surface area contributed by atoms with Crippen molar-refractivity contribution >= 4 is 11.6 Å². The van der Waals surface area contributed by atoms with Crippen LogP contribution in [-0.2, 0) is 13.0 Å². The molecule has 4 heteroatoms. The molecule has 0 amide bonds. The standard InChI is InChI=1S/C10H18ClN3/c1-4-14-10(12-7-13-14)5-9(6-11)8(2)3/h7-9H,4-6H2,1-3H3. The van der Waals surface area contributed by atoms with E-state index in [1.54, 1.807) is 6.33 Å². The van der Waals surface area contributed by atoms with Crippen LogP contribution in [-0.4, -0.2) is 20.6 Å². The summed E-state index contributed by atoms with van der Waals surface area (Å²) in [5, 5.41) is 4.14. The first-order chi connectivity index (χ1) is 6.69. The molecule has 14 heavy (non-hydrogen) atoms. The molecule has 80 valence electrons. The van der Waals surface area contributed by atoms with Crippen molar-refractivity contribution in [2.24, 2.45) is 11.8 Å². The normalized spacial score (nSPS) is 13.5. The maximum atomic E-state index is 5.92. The summed E-state index contributed by atoms with van der Waals surface area (Å²) in [6.45, 7) is 7.34. The number of aryl methyl sites for hydroxylation is 1. The minimum Gasteiger partial charge on any atom is -0.250 e. The number of hydrogen-bond donors (Lipinski definition) is 0. The second kappa shape index (κ2) is 5.35. The van der Waals surface area contributed by atoms with Gasteiger partial charge in [-0.05, 0) is 18.8 Å². The molecule has 0 aliphatic heterocycles. The predicted molar refractivity (Wildman–Crippen MR) is 58.4 cm³/mol. The van der Waals surface area contributed by atoms with Crippen molar-refractivity contribution in [2.75, 3.05) is 5.88 Å². The van der Waals surface area contributed by atoms with E-state index in [-0.39, 0.29) is 0 Å². The van der Waals surface area contributed by atoms with Crippen LogP contribution in [0.5, 0.6) is 0 Å². The summed E-state index contributed by atoms with van der Waals surface area (Å²) in [5.41, 5.74) is 0. The Labute approximate surface area is 90.5 Å². The van der Waals surface area contributed by atoms with E-state index in [1.165, 1.54) is 0 Å². The van der Waals surface area contributed by atoms with E-state index in [9.17, 15) is 0 Å². The van der Waals surface area contributed by atoms with Gasteiger partial charge in [-0.2, -0.15) is 5.10 Å². The van der Waals surface area contributed by atoms with Crippen LogP contribution in [0, 0.1) is 11.8 Å². The van der Waals surface area contributed by atoms with Gasteiger partial charge in [0.15, 0.2) is 0 Å². The van der Waals surface area contributed by atoms with Crippen molar-refractivity contribution in [3.8, 4) is 0 Å². The van der Waals surface area contributed by atoms with Crippen LogP contribution in [0.1, 0.15) is 26.6 Å². The van der Waals surface area contributed by atoms with E-state index in [2.05, 4.69) is 30.9 Å². The van der Waals surface area contributed by atoms with Crippen LogP contribution in [0.25, 0.3) is 0 Å². The molecule has 1 aromatic rings. The third-order valence-corrected chi connectivity index (χ3v) is 2.98. The van der Waals surface area contributed by atoms with Crippen molar-refractivity contribution in [1.29, 1.82) is 0 Å². The fourth-order valence-electron chi connectivity index (χ4n) is 1.41. The quantitative estimate of drug-likeness (QED) is 0.706. The molecule has 0 saturated carbocycles. The number of halogens is 1. The molecular weight excluding hydrogens is 198 g/mol. The van der Waals surface area contributed by atoms with Gasteiger partial charge in [0.25, 0.3) is 0 Å². The van der Waals surface area contributed by atoms with E-state index in [1.807, 2.05) is 4.68 Å². The molecule has 0 bridgehead atoms. The SMILES string of the molecule is CCn1ncnc1CC(CCl)C(C)C. The predicted octanol–water partition coefficient (Wildman–Crippen LogP) is 2.35. The van der Waals surface area contributed by atoms with Crippen LogP contribution in [0.4, 0.5) is 0 Å². The van der Waals surface area contributed by atoms with Gasteiger partial charge in [-0.25, -0.2) is 4.98 Å². The average molecular weight is 216 g/mol. The monoisotopic (exact) mass is 215 g/mol. The van der Waals surface area contributed by atoms with Gasteiger partial charge >= 0.3 is 0 Å². The van der Waals surface area contributed by atoms with Gasteiger partial charge in [0.1, 0.15) is 12.2 Å². The number of rotatable bonds is 5. The van der Waals surface area contributed by atoms with Gasteiger partial charge in [0, 0.05) is 18.8 Å². The van der Waals surface area contributed by atoms with Gasteiger partial charge in [0.05, 0.1) is 0 Å². The molecule has 1 rings (SSSR count). The molecule has 0 aliphatic rings. The fourth-order valence-corrected chi connectivity index (χ4v) is 1.88. The molecule has 1 atom stereocenters. The van der Waals surface area contributed by atoms with E-state index in [0.717, 1.165) is 18.8 Å². The molecule has 0 radical (unpaired) electrons. The van der Waals surface area contributed by atoms with Gasteiger partial charge < -0.3 is 0 Å². The lowest BCUT2D eigenvalue weighted by molar-refractivity contribution is 0.404. The molecule has 0 aromatic carbocycles. The fraction of sp³-hybridized carbons (Fsp3) is 0.800. The van der Waals surface area contributed by atoms with E-state index in [0.29, 0.717) is 17.7 Å². The Morgan fingerprint density at radius 1 is 1.50 bits per heavy atom. The summed E-state index contributed by atoms with van der Waals surface area (Å²) in [5.74, 6) is 2.82. The number of aromatic nitrogens is 3. The first kappa shape index (κ1) is 11.5. The van der Waals surface area contributed by atoms with Gasteiger partial charge in [-0.15, -0.1) is 11.6 Å². The first-order valence-corrected chi connectivity index (χ1v) is 5.65. The van der Waals surface area contributed by atoms with Gasteiger partial charge in [0.2, 0.25) is 0 Å². The highest BCUT2D eigenvalue weighted by molar-refractivity contribution is 6.18. The molecule has 3 nitrogen and oxygen atoms in total. The van der Waals surface area contributed by atoms with Crippen molar-refractivity contribution in [3.63, 3.8) is 0 Å². The highest BCUT2D eigenvalue weighted by atomic mass is 35.5. The van der Waals surface area contributed by atoms with E-state index in [4.69, 9.17) is 11.6 Å². The lowest BCUT2D eigenvalue weighted by Crippen LogP contribution is -2.17. The average Bonchev–Trinajstić information content (AvgIpc) is 2.60. The van der Waals surface area contributed by atoms with Crippen LogP contribution in [0.15, 0.2) is 6.33 Å². The summed E-state index contributed by atoms with van der Waals surface area (Å²) in [6, 6.07) is 0. The zero-order valence-corrected chi connectivity index (χ0v) is 9.83. The Bertz CT molecular complexity index is 270. The van der Waals surface area contributed by atoms with Crippen molar-refractivity contribution in [1.82, 2.24) is 14.8 Å². The van der Waals surface area contributed by atoms with Crippen molar-refractivity contribution < 1.29 is 0 Å². The Hall–Kier alpha value is -0.570. The molecule has 0 fully saturated rings. The summed E-state index contributed by atoms with van der Waals surface area (Å²) in [6.07, 6.45) is 2.54. The van der Waals surface area contributed by atoms with Gasteiger partial charge in [-0.3, -0.25) is 4.68 Å². The Kier molecular flexibility index (Phi) is 4.39. The smallest absolute Gasteiger partial charge is 0.138 e. The van der Waals surface area contributed by atoms with Crippen LogP contribution in [0.3, 0.4) is 0 Å². The highest BCUT2D eigenvalue weighted by Gasteiger charge is 2.15. The molecular formula is C10H18ClN3. The molecule has 1 aromatic heterocycles. The summed E-state index contributed by atoms with van der Waals surface area (Å²) >= 11 is 5.92. The van der Waals surface area contributed by atoms with Crippen LogP contribution >= 0.6 is 11.6 Å². The third-order valence-electron chi connectivity index (χ3n) is 2.58. The minimum absolute atomic E-state index is 0.492. The third kappa shape index (κ3) is 2.71. The van der Waals surface area contributed by atoms with Gasteiger partial charge in [-0.1, -0.05) is 13.8 Å². The molecule has 0 N–H and O–H groups in total. The number of hydrogen-bond acceptors (Lipinski definition) is 2. The highest BCUT2D eigenvalue weighted by Crippen LogP contribution is 2.17. The molecule has 1 heterocycles.